The summed E-state index contributed by atoms with van der Waals surface area (Å²) in [6.45, 7) is 1.67. The Balaban J connectivity index is 2.65. The monoisotopic (exact) mass is 158 g/mol. The van der Waals surface area contributed by atoms with Crippen LogP contribution >= 0.6 is 11.5 Å². The van der Waals surface area contributed by atoms with Gasteiger partial charge in [0.05, 0.1) is 13.5 Å². The molecule has 0 aliphatic carbocycles. The summed E-state index contributed by atoms with van der Waals surface area (Å²) in [5, 5.41) is 11.3. The Morgan fingerprint density at radius 2 is 2.90 bits per heavy atom. The standard InChI is InChI=1S/C5H7N3OS/c1-4(7-9)2-5-6-3-10-8-5/h3,9H,2H2,1H3/i3D. The molecule has 0 aromatic carbocycles. The van der Waals surface area contributed by atoms with Gasteiger partial charge in [0.1, 0.15) is 11.3 Å². The van der Waals surface area contributed by atoms with E-state index in [1.54, 1.807) is 6.92 Å². The highest BCUT2D eigenvalue weighted by Crippen LogP contribution is 1.95. The van der Waals surface area contributed by atoms with Gasteiger partial charge in [-0.25, -0.2) is 4.98 Å². The van der Waals surface area contributed by atoms with Gasteiger partial charge in [-0.15, -0.1) is 0 Å². The number of hydrogen-bond donors (Lipinski definition) is 1. The SMILES string of the molecule is [2H]c1nc(CC(C)=NO)ns1. The lowest BCUT2D eigenvalue weighted by atomic mass is 10.3. The Kier molecular flexibility index (Phi) is 1.89. The molecule has 5 heteroatoms. The fraction of sp³-hybridized carbons (Fsp3) is 0.400. The van der Waals surface area contributed by atoms with Gasteiger partial charge in [-0.3, -0.25) is 0 Å². The minimum absolute atomic E-state index is 0.186. The number of rotatable bonds is 2. The summed E-state index contributed by atoms with van der Waals surface area (Å²) in [7, 11) is 0. The molecule has 1 heterocycles. The number of aromatic nitrogens is 2. The number of oxime groups is 1. The third-order valence-electron chi connectivity index (χ3n) is 0.951. The van der Waals surface area contributed by atoms with Crippen molar-refractivity contribution in [2.45, 2.75) is 13.3 Å². The molecule has 0 saturated heterocycles. The largest absolute Gasteiger partial charge is 0.411 e. The third-order valence-corrected chi connectivity index (χ3v) is 1.43. The Morgan fingerprint density at radius 1 is 2.10 bits per heavy atom. The van der Waals surface area contributed by atoms with Gasteiger partial charge in [0, 0.05) is 0 Å². The second-order valence-corrected chi connectivity index (χ2v) is 2.36. The van der Waals surface area contributed by atoms with Crippen LogP contribution in [-0.4, -0.2) is 20.3 Å². The van der Waals surface area contributed by atoms with E-state index in [0.717, 1.165) is 11.5 Å². The van der Waals surface area contributed by atoms with Crippen LogP contribution in [0.15, 0.2) is 10.6 Å². The molecule has 1 aromatic heterocycles. The molecule has 0 bridgehead atoms. The lowest BCUT2D eigenvalue weighted by Crippen LogP contribution is -1.98. The molecule has 0 unspecified atom stereocenters. The fourth-order valence-electron chi connectivity index (χ4n) is 0.503. The van der Waals surface area contributed by atoms with Gasteiger partial charge in [-0.05, 0) is 18.5 Å². The fourth-order valence-corrected chi connectivity index (χ4v) is 0.900. The zero-order valence-corrected chi connectivity index (χ0v) is 6.22. The zero-order chi connectivity index (χ0) is 8.27. The Morgan fingerprint density at radius 3 is 3.40 bits per heavy atom. The molecule has 1 aromatic rings. The smallest absolute Gasteiger partial charge is 0.147 e. The first kappa shape index (κ1) is 5.79. The average molecular weight is 158 g/mol. The first-order valence-corrected chi connectivity index (χ1v) is 3.46. The van der Waals surface area contributed by atoms with Crippen LogP contribution in [-0.2, 0) is 6.42 Å². The van der Waals surface area contributed by atoms with Gasteiger partial charge in [0.15, 0.2) is 0 Å². The molecule has 0 spiro atoms. The van der Waals surface area contributed by atoms with Crippen LogP contribution in [0.1, 0.15) is 14.1 Å². The Bertz CT molecular complexity index is 272. The molecule has 4 nitrogen and oxygen atoms in total. The maximum absolute atomic E-state index is 8.29. The number of hydrogen-bond acceptors (Lipinski definition) is 5. The third kappa shape index (κ3) is 1.77. The second-order valence-electron chi connectivity index (χ2n) is 1.81. The van der Waals surface area contributed by atoms with Crippen molar-refractivity contribution in [3.63, 3.8) is 0 Å². The summed E-state index contributed by atoms with van der Waals surface area (Å²) in [5.74, 6) is 0.537. The van der Waals surface area contributed by atoms with E-state index in [1.807, 2.05) is 0 Å². The quantitative estimate of drug-likeness (QED) is 0.395. The van der Waals surface area contributed by atoms with E-state index >= 15 is 0 Å². The second kappa shape index (κ2) is 3.26. The van der Waals surface area contributed by atoms with Gasteiger partial charge in [-0.2, -0.15) is 4.37 Å². The zero-order valence-electron chi connectivity index (χ0n) is 6.40. The molecule has 0 saturated carbocycles. The van der Waals surface area contributed by atoms with E-state index in [-0.39, 0.29) is 5.49 Å². The molecule has 0 aliphatic rings. The van der Waals surface area contributed by atoms with Gasteiger partial charge in [0.25, 0.3) is 0 Å². The van der Waals surface area contributed by atoms with Crippen molar-refractivity contribution in [3.05, 3.63) is 11.3 Å². The molecule has 1 N–H and O–H groups in total. The minimum atomic E-state index is 0.186. The first-order chi connectivity index (χ1) is 5.22. The van der Waals surface area contributed by atoms with Crippen LogP contribution in [0.25, 0.3) is 0 Å². The Labute approximate surface area is 63.8 Å². The summed E-state index contributed by atoms with van der Waals surface area (Å²) in [4.78, 5) is 3.78. The van der Waals surface area contributed by atoms with Crippen LogP contribution in [0.3, 0.4) is 0 Å². The predicted molar refractivity (Wildman–Crippen MR) is 38.5 cm³/mol. The lowest BCUT2D eigenvalue weighted by molar-refractivity contribution is 0.317. The molecule has 1 rings (SSSR count). The van der Waals surface area contributed by atoms with E-state index in [9.17, 15) is 0 Å². The normalized spacial score (nSPS) is 13.3. The molecule has 0 radical (unpaired) electrons. The summed E-state index contributed by atoms with van der Waals surface area (Å²) in [6.07, 6.45) is 0.409. The van der Waals surface area contributed by atoms with Crippen LogP contribution in [0.4, 0.5) is 0 Å². The van der Waals surface area contributed by atoms with Crippen molar-refractivity contribution in [2.75, 3.05) is 0 Å². The lowest BCUT2D eigenvalue weighted by Gasteiger charge is -1.89. The summed E-state index contributed by atoms with van der Waals surface area (Å²) in [5.41, 5.74) is 0.730. The highest BCUT2D eigenvalue weighted by atomic mass is 32.1. The van der Waals surface area contributed by atoms with Gasteiger partial charge in [0.2, 0.25) is 0 Å². The average Bonchev–Trinajstić information content (AvgIpc) is 2.35. The molecular weight excluding hydrogens is 150 g/mol. The van der Waals surface area contributed by atoms with E-state index < -0.39 is 0 Å². The maximum Gasteiger partial charge on any atom is 0.147 e. The van der Waals surface area contributed by atoms with Crippen molar-refractivity contribution >= 4 is 17.2 Å². The summed E-state index contributed by atoms with van der Waals surface area (Å²) in [6, 6.07) is 0. The topological polar surface area (TPSA) is 58.4 Å². The van der Waals surface area contributed by atoms with Crippen molar-refractivity contribution in [1.29, 1.82) is 0 Å². The first-order valence-electron chi connectivity index (χ1n) is 3.19. The van der Waals surface area contributed by atoms with E-state index in [0.29, 0.717) is 18.0 Å². The van der Waals surface area contributed by atoms with Crippen molar-refractivity contribution < 1.29 is 6.58 Å². The highest BCUT2D eigenvalue weighted by molar-refractivity contribution is 7.03. The van der Waals surface area contributed by atoms with E-state index in [1.165, 1.54) is 0 Å². The number of nitrogens with zero attached hydrogens (tertiary/aromatic N) is 3. The van der Waals surface area contributed by atoms with Crippen LogP contribution in [0, 0.1) is 0 Å². The van der Waals surface area contributed by atoms with Crippen molar-refractivity contribution in [1.82, 2.24) is 9.36 Å². The maximum atomic E-state index is 8.29. The molecule has 0 fully saturated rings. The van der Waals surface area contributed by atoms with Crippen LogP contribution in [0.5, 0.6) is 0 Å². The van der Waals surface area contributed by atoms with Gasteiger partial charge in [-0.1, -0.05) is 5.16 Å². The molecule has 0 atom stereocenters. The predicted octanol–water partition coefficient (Wildman–Crippen LogP) is 0.931. The molecule has 0 aliphatic heterocycles. The minimum Gasteiger partial charge on any atom is -0.411 e. The van der Waals surface area contributed by atoms with Crippen LogP contribution in [0.2, 0.25) is 0 Å². The Hall–Kier alpha value is -0.970. The molecule has 10 heavy (non-hydrogen) atoms. The van der Waals surface area contributed by atoms with Crippen LogP contribution < -0.4 is 0 Å². The van der Waals surface area contributed by atoms with E-state index in [4.69, 9.17) is 6.58 Å². The molecule has 0 amide bonds. The highest BCUT2D eigenvalue weighted by Gasteiger charge is 1.98. The molecular formula is C5H7N3OS. The molecule has 54 valence electrons. The van der Waals surface area contributed by atoms with Crippen molar-refractivity contribution in [2.24, 2.45) is 5.16 Å². The van der Waals surface area contributed by atoms with Gasteiger partial charge >= 0.3 is 0 Å². The summed E-state index contributed by atoms with van der Waals surface area (Å²) < 4.78 is 10.9. The van der Waals surface area contributed by atoms with Crippen molar-refractivity contribution in [3.8, 4) is 0 Å². The van der Waals surface area contributed by atoms with Gasteiger partial charge < -0.3 is 5.21 Å². The van der Waals surface area contributed by atoms with E-state index in [2.05, 4.69) is 14.5 Å². The summed E-state index contributed by atoms with van der Waals surface area (Å²) >= 11 is 1.03.